The summed E-state index contributed by atoms with van der Waals surface area (Å²) in [6, 6.07) is 8.52. The minimum absolute atomic E-state index is 0.183. The molecule has 1 amide bonds. The second-order valence-electron chi connectivity index (χ2n) is 8.02. The molecule has 3 rings (SSSR count). The van der Waals surface area contributed by atoms with Crippen LogP contribution >= 0.6 is 15.9 Å². The van der Waals surface area contributed by atoms with Gasteiger partial charge in [0.1, 0.15) is 5.60 Å². The molecule has 2 aliphatic rings. The number of rotatable bonds is 3. The Morgan fingerprint density at radius 1 is 1.12 bits per heavy atom. The lowest BCUT2D eigenvalue weighted by molar-refractivity contribution is 0.0130. The molecular weight excluding hydrogens is 382 g/mol. The third-order valence-electron chi connectivity index (χ3n) is 4.69. The van der Waals surface area contributed by atoms with Crippen LogP contribution in [0.25, 0.3) is 0 Å². The molecule has 2 aliphatic heterocycles. The van der Waals surface area contributed by atoms with Gasteiger partial charge >= 0.3 is 6.09 Å². The maximum absolute atomic E-state index is 12.1. The van der Waals surface area contributed by atoms with Crippen LogP contribution in [0, 0.1) is 5.92 Å². The van der Waals surface area contributed by atoms with Crippen molar-refractivity contribution in [2.75, 3.05) is 50.7 Å². The second-order valence-corrected chi connectivity index (χ2v) is 8.93. The summed E-state index contributed by atoms with van der Waals surface area (Å²) in [7, 11) is 0. The molecule has 0 unspecified atom stereocenters. The zero-order chi connectivity index (χ0) is 18.0. The van der Waals surface area contributed by atoms with Gasteiger partial charge in [-0.2, -0.15) is 0 Å². The van der Waals surface area contributed by atoms with Gasteiger partial charge < -0.3 is 14.5 Å². The van der Waals surface area contributed by atoms with Crippen molar-refractivity contribution in [2.24, 2.45) is 5.92 Å². The van der Waals surface area contributed by atoms with E-state index in [1.807, 2.05) is 25.7 Å². The van der Waals surface area contributed by atoms with Gasteiger partial charge in [0.2, 0.25) is 0 Å². The Kier molecular flexibility index (Phi) is 5.58. The van der Waals surface area contributed by atoms with Gasteiger partial charge in [-0.15, -0.1) is 0 Å². The molecule has 2 saturated heterocycles. The average molecular weight is 410 g/mol. The minimum Gasteiger partial charge on any atom is -0.444 e. The number of hydrogen-bond acceptors (Lipinski definition) is 4. The molecule has 5 nitrogen and oxygen atoms in total. The lowest BCUT2D eigenvalue weighted by Crippen LogP contribution is -2.55. The zero-order valence-electron chi connectivity index (χ0n) is 15.4. The third-order valence-corrected chi connectivity index (χ3v) is 5.22. The van der Waals surface area contributed by atoms with Crippen LogP contribution in [0.15, 0.2) is 28.7 Å². The Bertz CT molecular complexity index is 586. The first-order valence-electron chi connectivity index (χ1n) is 9.01. The van der Waals surface area contributed by atoms with Crippen molar-refractivity contribution in [2.45, 2.75) is 26.4 Å². The summed E-state index contributed by atoms with van der Waals surface area (Å²) in [6.45, 7) is 12.5. The molecular formula is C19H28BrN3O2. The molecule has 138 valence electrons. The predicted octanol–water partition coefficient (Wildman–Crippen LogP) is 3.44. The number of benzene rings is 1. The molecule has 1 aromatic carbocycles. The molecule has 0 aliphatic carbocycles. The second kappa shape index (κ2) is 7.54. The molecule has 0 bridgehead atoms. The summed E-state index contributed by atoms with van der Waals surface area (Å²) in [5, 5.41) is 0. The highest BCUT2D eigenvalue weighted by molar-refractivity contribution is 9.10. The topological polar surface area (TPSA) is 36.0 Å². The highest BCUT2D eigenvalue weighted by Crippen LogP contribution is 2.26. The molecule has 0 aromatic heterocycles. The summed E-state index contributed by atoms with van der Waals surface area (Å²) in [4.78, 5) is 18.8. The smallest absolute Gasteiger partial charge is 0.410 e. The number of amides is 1. The summed E-state index contributed by atoms with van der Waals surface area (Å²) >= 11 is 3.48. The Morgan fingerprint density at radius 2 is 1.72 bits per heavy atom. The van der Waals surface area contributed by atoms with Gasteiger partial charge in [0, 0.05) is 61.9 Å². The van der Waals surface area contributed by atoms with E-state index in [9.17, 15) is 4.79 Å². The van der Waals surface area contributed by atoms with E-state index in [1.165, 1.54) is 5.69 Å². The first kappa shape index (κ1) is 18.5. The maximum atomic E-state index is 12.1. The first-order chi connectivity index (χ1) is 11.8. The van der Waals surface area contributed by atoms with Crippen molar-refractivity contribution in [3.63, 3.8) is 0 Å². The van der Waals surface area contributed by atoms with E-state index in [0.29, 0.717) is 0 Å². The van der Waals surface area contributed by atoms with Gasteiger partial charge in [0.05, 0.1) is 0 Å². The Morgan fingerprint density at radius 3 is 2.28 bits per heavy atom. The number of nitrogens with zero attached hydrogens (tertiary/aromatic N) is 3. The van der Waals surface area contributed by atoms with Gasteiger partial charge in [0.25, 0.3) is 0 Å². The monoisotopic (exact) mass is 409 g/mol. The van der Waals surface area contributed by atoms with Gasteiger partial charge in [-0.05, 0) is 45.0 Å². The van der Waals surface area contributed by atoms with Crippen LogP contribution in [-0.4, -0.2) is 67.3 Å². The number of anilines is 1. The number of hydrogen-bond donors (Lipinski definition) is 0. The van der Waals surface area contributed by atoms with Gasteiger partial charge in [-0.3, -0.25) is 4.90 Å². The summed E-state index contributed by atoms with van der Waals surface area (Å²) in [6.07, 6.45) is -0.183. The minimum atomic E-state index is -0.420. The van der Waals surface area contributed by atoms with Crippen LogP contribution in [0.5, 0.6) is 0 Å². The van der Waals surface area contributed by atoms with Gasteiger partial charge in [-0.1, -0.05) is 15.9 Å². The molecule has 25 heavy (non-hydrogen) atoms. The van der Waals surface area contributed by atoms with Crippen LogP contribution in [0.3, 0.4) is 0 Å². The van der Waals surface area contributed by atoms with Gasteiger partial charge in [0.15, 0.2) is 0 Å². The highest BCUT2D eigenvalue weighted by atomic mass is 79.9. The zero-order valence-corrected chi connectivity index (χ0v) is 17.0. The summed E-state index contributed by atoms with van der Waals surface area (Å²) in [5.74, 6) is 0.719. The number of piperazine rings is 1. The molecule has 0 atom stereocenters. The number of halogens is 1. The average Bonchev–Trinajstić information content (AvgIpc) is 2.50. The van der Waals surface area contributed by atoms with E-state index in [0.717, 1.165) is 56.2 Å². The fraction of sp³-hybridized carbons (Fsp3) is 0.632. The number of ether oxygens (including phenoxy) is 1. The quantitative estimate of drug-likeness (QED) is 0.765. The van der Waals surface area contributed by atoms with Crippen LogP contribution in [0.2, 0.25) is 0 Å². The van der Waals surface area contributed by atoms with Crippen molar-refractivity contribution in [3.05, 3.63) is 28.7 Å². The van der Waals surface area contributed by atoms with Crippen LogP contribution < -0.4 is 4.90 Å². The molecule has 0 radical (unpaired) electrons. The van der Waals surface area contributed by atoms with Crippen LogP contribution in [-0.2, 0) is 4.74 Å². The fourth-order valence-electron chi connectivity index (χ4n) is 3.35. The Labute approximate surface area is 159 Å². The van der Waals surface area contributed by atoms with E-state index in [-0.39, 0.29) is 6.09 Å². The molecule has 1 aromatic rings. The number of carbonyl (C=O) groups is 1. The maximum Gasteiger partial charge on any atom is 0.410 e. The van der Waals surface area contributed by atoms with Crippen molar-refractivity contribution in [1.82, 2.24) is 9.80 Å². The normalized spacial score (nSPS) is 19.7. The molecule has 0 spiro atoms. The van der Waals surface area contributed by atoms with E-state index >= 15 is 0 Å². The number of carbonyl (C=O) groups excluding carboxylic acids is 1. The third kappa shape index (κ3) is 5.11. The molecule has 0 saturated carbocycles. The lowest BCUT2D eigenvalue weighted by Gasteiger charge is -2.44. The van der Waals surface area contributed by atoms with Crippen molar-refractivity contribution < 1.29 is 9.53 Å². The highest BCUT2D eigenvalue weighted by Gasteiger charge is 2.31. The Balaban J connectivity index is 1.38. The summed E-state index contributed by atoms with van der Waals surface area (Å²) < 4.78 is 6.58. The molecule has 6 heteroatoms. The van der Waals surface area contributed by atoms with Crippen LogP contribution in [0.4, 0.5) is 10.5 Å². The van der Waals surface area contributed by atoms with Crippen molar-refractivity contribution >= 4 is 27.7 Å². The lowest BCUT2D eigenvalue weighted by atomic mass is 9.98. The summed E-state index contributed by atoms with van der Waals surface area (Å²) in [5.41, 5.74) is 0.880. The first-order valence-corrected chi connectivity index (χ1v) is 9.80. The fourth-order valence-corrected chi connectivity index (χ4v) is 3.62. The van der Waals surface area contributed by atoms with E-state index in [2.05, 4.69) is 50.0 Å². The van der Waals surface area contributed by atoms with Crippen LogP contribution in [0.1, 0.15) is 20.8 Å². The molecule has 2 fully saturated rings. The van der Waals surface area contributed by atoms with E-state index in [1.54, 1.807) is 0 Å². The van der Waals surface area contributed by atoms with Crippen molar-refractivity contribution in [3.8, 4) is 0 Å². The molecule has 0 N–H and O–H groups in total. The van der Waals surface area contributed by atoms with Crippen molar-refractivity contribution in [1.29, 1.82) is 0 Å². The largest absolute Gasteiger partial charge is 0.444 e. The predicted molar refractivity (Wildman–Crippen MR) is 104 cm³/mol. The molecule has 2 heterocycles. The van der Waals surface area contributed by atoms with E-state index in [4.69, 9.17) is 4.74 Å². The van der Waals surface area contributed by atoms with E-state index < -0.39 is 5.60 Å². The SMILES string of the molecule is CC(C)(C)OC(=O)N1CCN(CC2CN(c3ccc(Br)cc3)C2)CC1. The Hall–Kier alpha value is -1.27. The van der Waals surface area contributed by atoms with Gasteiger partial charge in [-0.25, -0.2) is 4.79 Å². The standard InChI is InChI=1S/C19H28BrN3O2/c1-19(2,3)25-18(24)22-10-8-21(9-11-22)12-15-13-23(14-15)17-6-4-16(20)5-7-17/h4-7,15H,8-14H2,1-3H3.